The molecule has 2 rings (SSSR count). The monoisotopic (exact) mass is 416 g/mol. The number of rotatable bonds is 3. The second kappa shape index (κ2) is 5.84. The molecule has 0 spiro atoms. The Kier molecular flexibility index (Phi) is 4.40. The fourth-order valence-corrected chi connectivity index (χ4v) is 2.77. The zero-order valence-corrected chi connectivity index (χ0v) is 13.4. The normalized spacial score (nSPS) is 10.2. The number of hydrogen-bond acceptors (Lipinski definition) is 2. The van der Waals surface area contributed by atoms with Gasteiger partial charge in [-0.05, 0) is 68.9 Å². The van der Waals surface area contributed by atoms with Gasteiger partial charge in [0.1, 0.15) is 5.75 Å². The minimum absolute atomic E-state index is 0.00882. The van der Waals surface area contributed by atoms with Crippen molar-refractivity contribution in [1.29, 1.82) is 0 Å². The van der Waals surface area contributed by atoms with Crippen LogP contribution in [0.15, 0.2) is 46.9 Å². The molecule has 0 amide bonds. The van der Waals surface area contributed by atoms with E-state index in [4.69, 9.17) is 4.74 Å². The molecule has 2 nitrogen and oxygen atoms in total. The molecule has 0 aliphatic rings. The van der Waals surface area contributed by atoms with Gasteiger partial charge in [-0.25, -0.2) is 0 Å². The first kappa shape index (κ1) is 13.5. The van der Waals surface area contributed by atoms with Gasteiger partial charge in [-0.1, -0.05) is 12.1 Å². The number of carbonyl (C=O) groups excluding carboxylic acids is 1. The molecule has 0 fully saturated rings. The second-order valence-corrected chi connectivity index (χ2v) is 5.67. The quantitative estimate of drug-likeness (QED) is 0.551. The first-order valence-corrected chi connectivity index (χ1v) is 7.13. The Morgan fingerprint density at radius 3 is 2.50 bits per heavy atom. The summed E-state index contributed by atoms with van der Waals surface area (Å²) in [6.45, 7) is 0. The summed E-state index contributed by atoms with van der Waals surface area (Å²) in [6.07, 6.45) is 0. The maximum absolute atomic E-state index is 12.4. The first-order chi connectivity index (χ1) is 8.63. The van der Waals surface area contributed by atoms with Crippen molar-refractivity contribution in [2.45, 2.75) is 0 Å². The molecule has 0 unspecified atom stereocenters. The van der Waals surface area contributed by atoms with Crippen LogP contribution in [0.1, 0.15) is 15.9 Å². The number of benzene rings is 2. The van der Waals surface area contributed by atoms with Gasteiger partial charge in [0.05, 0.1) is 7.11 Å². The Balaban J connectivity index is 2.44. The van der Waals surface area contributed by atoms with E-state index in [1.165, 1.54) is 0 Å². The van der Waals surface area contributed by atoms with Crippen LogP contribution in [0, 0.1) is 3.57 Å². The predicted octanol–water partition coefficient (Wildman–Crippen LogP) is 4.29. The van der Waals surface area contributed by atoms with E-state index in [0.29, 0.717) is 11.1 Å². The fraction of sp³-hybridized carbons (Fsp3) is 0.0714. The summed E-state index contributed by atoms with van der Waals surface area (Å²) in [5.74, 6) is 0.732. The SMILES string of the molecule is COc1ccc(C(=O)c2ccccc2I)c(Br)c1. The highest BCUT2D eigenvalue weighted by Gasteiger charge is 2.15. The highest BCUT2D eigenvalue weighted by Crippen LogP contribution is 2.26. The molecule has 0 aliphatic heterocycles. The van der Waals surface area contributed by atoms with Gasteiger partial charge in [-0.15, -0.1) is 0 Å². The number of methoxy groups -OCH3 is 1. The van der Waals surface area contributed by atoms with Crippen LogP contribution in [0.3, 0.4) is 0 Å². The average molecular weight is 417 g/mol. The van der Waals surface area contributed by atoms with Crippen molar-refractivity contribution in [2.75, 3.05) is 7.11 Å². The summed E-state index contributed by atoms with van der Waals surface area (Å²) in [4.78, 5) is 12.4. The Morgan fingerprint density at radius 1 is 1.17 bits per heavy atom. The Labute approximate surface area is 128 Å². The number of ketones is 1. The van der Waals surface area contributed by atoms with Crippen LogP contribution in [0.4, 0.5) is 0 Å². The predicted molar refractivity (Wildman–Crippen MR) is 83.3 cm³/mol. The van der Waals surface area contributed by atoms with Crippen LogP contribution in [0.2, 0.25) is 0 Å². The summed E-state index contributed by atoms with van der Waals surface area (Å²) in [6, 6.07) is 12.9. The number of ether oxygens (including phenoxy) is 1. The summed E-state index contributed by atoms with van der Waals surface area (Å²) < 4.78 is 6.81. The summed E-state index contributed by atoms with van der Waals surface area (Å²) in [5.41, 5.74) is 1.35. The fourth-order valence-electron chi connectivity index (χ4n) is 1.60. The Morgan fingerprint density at radius 2 is 1.89 bits per heavy atom. The summed E-state index contributed by atoms with van der Waals surface area (Å²) in [5, 5.41) is 0. The maximum atomic E-state index is 12.4. The van der Waals surface area contributed by atoms with Crippen molar-refractivity contribution in [2.24, 2.45) is 0 Å². The van der Waals surface area contributed by atoms with Crippen LogP contribution < -0.4 is 4.74 Å². The topological polar surface area (TPSA) is 26.3 Å². The Bertz CT molecular complexity index is 596. The third kappa shape index (κ3) is 2.75. The van der Waals surface area contributed by atoms with E-state index < -0.39 is 0 Å². The van der Waals surface area contributed by atoms with Gasteiger partial charge in [0, 0.05) is 19.2 Å². The van der Waals surface area contributed by atoms with E-state index in [1.54, 1.807) is 25.3 Å². The van der Waals surface area contributed by atoms with Crippen LogP contribution in [0.5, 0.6) is 5.75 Å². The molecule has 0 aromatic heterocycles. The lowest BCUT2D eigenvalue weighted by atomic mass is 10.0. The number of halogens is 2. The Hall–Kier alpha value is -0.880. The van der Waals surface area contributed by atoms with Gasteiger partial charge in [-0.2, -0.15) is 0 Å². The lowest BCUT2D eigenvalue weighted by molar-refractivity contribution is 0.103. The molecule has 0 N–H and O–H groups in total. The molecule has 0 radical (unpaired) electrons. The van der Waals surface area contributed by atoms with Gasteiger partial charge in [0.25, 0.3) is 0 Å². The molecular formula is C14H10BrIO2. The van der Waals surface area contributed by atoms with Crippen molar-refractivity contribution < 1.29 is 9.53 Å². The van der Waals surface area contributed by atoms with Crippen LogP contribution in [-0.4, -0.2) is 12.9 Å². The molecule has 18 heavy (non-hydrogen) atoms. The number of carbonyl (C=O) groups is 1. The van der Waals surface area contributed by atoms with Crippen molar-refractivity contribution in [1.82, 2.24) is 0 Å². The molecule has 92 valence electrons. The average Bonchev–Trinajstić information content (AvgIpc) is 2.38. The zero-order valence-electron chi connectivity index (χ0n) is 9.61. The molecule has 0 saturated heterocycles. The minimum Gasteiger partial charge on any atom is -0.497 e. The smallest absolute Gasteiger partial charge is 0.195 e. The molecule has 0 atom stereocenters. The van der Waals surface area contributed by atoms with Gasteiger partial charge in [0.15, 0.2) is 5.78 Å². The van der Waals surface area contributed by atoms with Crippen LogP contribution >= 0.6 is 38.5 Å². The van der Waals surface area contributed by atoms with Crippen LogP contribution in [0.25, 0.3) is 0 Å². The van der Waals surface area contributed by atoms with Crippen LogP contribution in [-0.2, 0) is 0 Å². The van der Waals surface area contributed by atoms with E-state index in [9.17, 15) is 4.79 Å². The van der Waals surface area contributed by atoms with Gasteiger partial charge < -0.3 is 4.74 Å². The molecule has 0 bridgehead atoms. The molecular weight excluding hydrogens is 407 g/mol. The molecule has 2 aromatic carbocycles. The third-order valence-electron chi connectivity index (χ3n) is 2.54. The lowest BCUT2D eigenvalue weighted by Crippen LogP contribution is -2.04. The molecule has 4 heteroatoms. The van der Waals surface area contributed by atoms with Crippen molar-refractivity contribution in [3.05, 3.63) is 61.6 Å². The van der Waals surface area contributed by atoms with Gasteiger partial charge in [0.2, 0.25) is 0 Å². The lowest BCUT2D eigenvalue weighted by Gasteiger charge is -2.07. The number of hydrogen-bond donors (Lipinski definition) is 0. The highest BCUT2D eigenvalue weighted by atomic mass is 127. The zero-order chi connectivity index (χ0) is 13.1. The molecule has 0 saturated carbocycles. The van der Waals surface area contributed by atoms with Crippen molar-refractivity contribution in [3.8, 4) is 5.75 Å². The van der Waals surface area contributed by atoms with E-state index in [0.717, 1.165) is 13.8 Å². The van der Waals surface area contributed by atoms with E-state index in [1.807, 2.05) is 24.3 Å². The van der Waals surface area contributed by atoms with Crippen molar-refractivity contribution in [3.63, 3.8) is 0 Å². The largest absolute Gasteiger partial charge is 0.497 e. The van der Waals surface area contributed by atoms with Gasteiger partial charge >= 0.3 is 0 Å². The van der Waals surface area contributed by atoms with E-state index >= 15 is 0 Å². The van der Waals surface area contributed by atoms with Crippen molar-refractivity contribution >= 4 is 44.3 Å². The van der Waals surface area contributed by atoms with E-state index in [2.05, 4.69) is 38.5 Å². The minimum atomic E-state index is 0.00882. The molecule has 0 aliphatic carbocycles. The molecule has 0 heterocycles. The standard InChI is InChI=1S/C14H10BrIO2/c1-18-9-6-7-10(12(15)8-9)14(17)11-4-2-3-5-13(11)16/h2-8H,1H3. The maximum Gasteiger partial charge on any atom is 0.195 e. The van der Waals surface area contributed by atoms with Gasteiger partial charge in [-0.3, -0.25) is 4.79 Å². The van der Waals surface area contributed by atoms with E-state index in [-0.39, 0.29) is 5.78 Å². The highest BCUT2D eigenvalue weighted by molar-refractivity contribution is 14.1. The summed E-state index contributed by atoms with van der Waals surface area (Å²) in [7, 11) is 1.60. The third-order valence-corrected chi connectivity index (χ3v) is 4.14. The summed E-state index contributed by atoms with van der Waals surface area (Å²) >= 11 is 5.57. The second-order valence-electron chi connectivity index (χ2n) is 3.65. The molecule has 2 aromatic rings. The first-order valence-electron chi connectivity index (χ1n) is 5.26.